The predicted molar refractivity (Wildman–Crippen MR) is 172 cm³/mol. The largest absolute Gasteiger partial charge is 0.481 e. The van der Waals surface area contributed by atoms with Gasteiger partial charge in [-0.1, -0.05) is 90.6 Å². The summed E-state index contributed by atoms with van der Waals surface area (Å²) in [4.78, 5) is 28.6. The molecule has 0 aliphatic carbocycles. The number of aliphatic carboxylic acids is 1. The molecule has 0 saturated carbocycles. The van der Waals surface area contributed by atoms with Crippen molar-refractivity contribution in [2.75, 3.05) is 16.8 Å². The van der Waals surface area contributed by atoms with Gasteiger partial charge in [-0.2, -0.15) is 0 Å². The van der Waals surface area contributed by atoms with E-state index in [9.17, 15) is 9.59 Å². The first-order valence-electron chi connectivity index (χ1n) is 14.1. The number of para-hydroxylation sites is 3. The molecule has 0 spiro atoms. The Balaban J connectivity index is 1.35. The van der Waals surface area contributed by atoms with Crippen molar-refractivity contribution in [1.29, 1.82) is 0 Å². The highest BCUT2D eigenvalue weighted by Gasteiger charge is 2.18. The van der Waals surface area contributed by atoms with Gasteiger partial charge in [-0.3, -0.25) is 9.69 Å². The van der Waals surface area contributed by atoms with Gasteiger partial charge in [0.25, 0.3) is 0 Å². The van der Waals surface area contributed by atoms with Gasteiger partial charge in [-0.05, 0) is 78.6 Å². The van der Waals surface area contributed by atoms with Crippen molar-refractivity contribution in [2.24, 2.45) is 0 Å². The van der Waals surface area contributed by atoms with Crippen molar-refractivity contribution in [3.63, 3.8) is 0 Å². The molecular formula is C36H32N2O4S. The van der Waals surface area contributed by atoms with E-state index in [1.807, 2.05) is 121 Å². The second-order valence-corrected chi connectivity index (χ2v) is 11.0. The second-order valence-electron chi connectivity index (χ2n) is 9.90. The summed E-state index contributed by atoms with van der Waals surface area (Å²) in [5, 5.41) is 12.1. The number of benzene rings is 5. The van der Waals surface area contributed by atoms with Crippen LogP contribution in [0.5, 0.6) is 11.5 Å². The van der Waals surface area contributed by atoms with Crippen LogP contribution in [-0.4, -0.2) is 23.7 Å². The van der Waals surface area contributed by atoms with E-state index in [4.69, 9.17) is 9.84 Å². The zero-order valence-corrected chi connectivity index (χ0v) is 24.4. The third-order valence-electron chi connectivity index (χ3n) is 6.68. The number of nitrogens with zero attached hydrogens (tertiary/aromatic N) is 1. The van der Waals surface area contributed by atoms with Gasteiger partial charge in [-0.25, -0.2) is 4.79 Å². The van der Waals surface area contributed by atoms with Crippen LogP contribution in [0.4, 0.5) is 16.2 Å². The van der Waals surface area contributed by atoms with E-state index < -0.39 is 5.97 Å². The first-order chi connectivity index (χ1) is 21.0. The van der Waals surface area contributed by atoms with Gasteiger partial charge in [0.2, 0.25) is 0 Å². The van der Waals surface area contributed by atoms with Crippen LogP contribution in [0.2, 0.25) is 0 Å². The number of ether oxygens (including phenoxy) is 1. The molecule has 0 fully saturated rings. The van der Waals surface area contributed by atoms with Gasteiger partial charge in [0.05, 0.1) is 12.1 Å². The lowest BCUT2D eigenvalue weighted by molar-refractivity contribution is -0.136. The van der Waals surface area contributed by atoms with Crippen LogP contribution in [0.1, 0.15) is 17.5 Å². The molecule has 6 nitrogen and oxygen atoms in total. The van der Waals surface area contributed by atoms with Crippen LogP contribution in [0.15, 0.2) is 143 Å². The van der Waals surface area contributed by atoms with Gasteiger partial charge in [0, 0.05) is 22.0 Å². The monoisotopic (exact) mass is 588 g/mol. The molecule has 5 rings (SSSR count). The molecule has 43 heavy (non-hydrogen) atoms. The maximum Gasteiger partial charge on any atom is 0.326 e. The fraction of sp³-hybridized carbons (Fsp3) is 0.111. The van der Waals surface area contributed by atoms with Crippen LogP contribution in [-0.2, 0) is 17.6 Å². The molecule has 0 atom stereocenters. The fourth-order valence-corrected chi connectivity index (χ4v) is 5.46. The lowest BCUT2D eigenvalue weighted by Gasteiger charge is -2.24. The zero-order valence-electron chi connectivity index (χ0n) is 23.6. The van der Waals surface area contributed by atoms with Gasteiger partial charge in [0.15, 0.2) is 5.75 Å². The summed E-state index contributed by atoms with van der Waals surface area (Å²) < 4.78 is 6.08. The number of hydrogen-bond donors (Lipinski definition) is 2. The molecule has 7 heteroatoms. The first-order valence-corrected chi connectivity index (χ1v) is 14.9. The number of carbonyl (C=O) groups excluding carboxylic acids is 1. The van der Waals surface area contributed by atoms with E-state index in [1.54, 1.807) is 16.7 Å². The molecule has 0 aliphatic heterocycles. The number of amides is 2. The van der Waals surface area contributed by atoms with Gasteiger partial charge < -0.3 is 15.2 Å². The smallest absolute Gasteiger partial charge is 0.326 e. The summed E-state index contributed by atoms with van der Waals surface area (Å²) in [6, 6.07) is 42.3. The van der Waals surface area contributed by atoms with E-state index in [0.717, 1.165) is 33.9 Å². The van der Waals surface area contributed by atoms with Crippen molar-refractivity contribution < 1.29 is 19.4 Å². The quantitative estimate of drug-likeness (QED) is 0.152. The van der Waals surface area contributed by atoms with Crippen LogP contribution in [0.25, 0.3) is 0 Å². The Kier molecular flexibility index (Phi) is 10.1. The van der Waals surface area contributed by atoms with E-state index in [1.165, 1.54) is 5.56 Å². The highest BCUT2D eigenvalue weighted by molar-refractivity contribution is 7.99. The highest BCUT2D eigenvalue weighted by Crippen LogP contribution is 2.33. The third-order valence-corrected chi connectivity index (χ3v) is 7.68. The average Bonchev–Trinajstić information content (AvgIpc) is 3.02. The van der Waals surface area contributed by atoms with E-state index >= 15 is 0 Å². The number of carbonyl (C=O) groups is 2. The van der Waals surface area contributed by atoms with Crippen LogP contribution in [0.3, 0.4) is 0 Å². The van der Waals surface area contributed by atoms with Crippen molar-refractivity contribution in [3.05, 3.63) is 145 Å². The molecule has 0 heterocycles. The standard InChI is InChI=1S/C36H32N2O4S/c39-35(40)25-28-20-22-31(23-21-28)43-32-17-9-14-29(26-32)38(24-10-13-27-11-3-1-4-12-27)36(41)37-33-18-7-8-19-34(33)42-30-15-5-2-6-16-30/h1-9,11-12,14-23,26H,10,13,24-25H2,(H,37,41)(H,39,40). The highest BCUT2D eigenvalue weighted by atomic mass is 32.2. The Bertz CT molecular complexity index is 1640. The normalized spacial score (nSPS) is 10.6. The molecule has 0 radical (unpaired) electrons. The Hall–Kier alpha value is -5.01. The SMILES string of the molecule is O=C(O)Cc1ccc(Sc2cccc(N(CCCc3ccccc3)C(=O)Nc3ccccc3Oc3ccccc3)c2)cc1. The van der Waals surface area contributed by atoms with E-state index in [0.29, 0.717) is 23.7 Å². The number of anilines is 2. The lowest BCUT2D eigenvalue weighted by atomic mass is 10.1. The summed E-state index contributed by atoms with van der Waals surface area (Å²) in [5.41, 5.74) is 3.33. The van der Waals surface area contributed by atoms with Crippen LogP contribution >= 0.6 is 11.8 Å². The Labute approximate surface area is 256 Å². The number of carboxylic acids is 1. The average molecular weight is 589 g/mol. The van der Waals surface area contributed by atoms with Crippen LogP contribution < -0.4 is 15.0 Å². The fourth-order valence-electron chi connectivity index (χ4n) is 4.59. The summed E-state index contributed by atoms with van der Waals surface area (Å²) in [6.45, 7) is 0.514. The Morgan fingerprint density at radius 2 is 1.42 bits per heavy atom. The third kappa shape index (κ3) is 8.74. The molecule has 5 aromatic rings. The van der Waals surface area contributed by atoms with Gasteiger partial charge >= 0.3 is 12.0 Å². The van der Waals surface area contributed by atoms with Crippen molar-refractivity contribution in [3.8, 4) is 11.5 Å². The van der Waals surface area contributed by atoms with E-state index in [-0.39, 0.29) is 12.5 Å². The lowest BCUT2D eigenvalue weighted by Crippen LogP contribution is -2.36. The minimum atomic E-state index is -0.854. The van der Waals surface area contributed by atoms with Gasteiger partial charge in [0.1, 0.15) is 5.75 Å². The maximum atomic E-state index is 13.9. The molecule has 5 aromatic carbocycles. The summed E-state index contributed by atoms with van der Waals surface area (Å²) in [5.74, 6) is 0.388. The molecule has 0 aromatic heterocycles. The zero-order chi connectivity index (χ0) is 29.9. The van der Waals surface area contributed by atoms with Crippen molar-refractivity contribution in [1.82, 2.24) is 0 Å². The Morgan fingerprint density at radius 1 is 0.721 bits per heavy atom. The van der Waals surface area contributed by atoms with Crippen molar-refractivity contribution in [2.45, 2.75) is 29.1 Å². The number of urea groups is 1. The van der Waals surface area contributed by atoms with Gasteiger partial charge in [-0.15, -0.1) is 0 Å². The minimum absolute atomic E-state index is 0.00694. The summed E-state index contributed by atoms with van der Waals surface area (Å²) in [7, 11) is 0. The number of carboxylic acid groups (broad SMARTS) is 1. The van der Waals surface area contributed by atoms with Crippen molar-refractivity contribution >= 4 is 35.1 Å². The number of hydrogen-bond acceptors (Lipinski definition) is 4. The molecule has 2 amide bonds. The molecule has 0 saturated heterocycles. The maximum absolute atomic E-state index is 13.9. The number of aryl methyl sites for hydroxylation is 1. The topological polar surface area (TPSA) is 78.9 Å². The summed E-state index contributed by atoms with van der Waals surface area (Å²) >= 11 is 1.56. The molecular weight excluding hydrogens is 556 g/mol. The molecule has 216 valence electrons. The molecule has 0 aliphatic rings. The predicted octanol–water partition coefficient (Wildman–Crippen LogP) is 8.93. The second kappa shape index (κ2) is 14.8. The number of rotatable bonds is 12. The number of nitrogens with one attached hydrogen (secondary N) is 1. The Morgan fingerprint density at radius 3 is 2.16 bits per heavy atom. The molecule has 0 bridgehead atoms. The first kappa shape index (κ1) is 29.5. The summed E-state index contributed by atoms with van der Waals surface area (Å²) in [6.07, 6.45) is 1.62. The molecule has 0 unspecified atom stereocenters. The van der Waals surface area contributed by atoms with Crippen LogP contribution in [0, 0.1) is 0 Å². The molecule has 2 N–H and O–H groups in total. The minimum Gasteiger partial charge on any atom is -0.481 e. The van der Waals surface area contributed by atoms with E-state index in [2.05, 4.69) is 17.4 Å².